The monoisotopic (exact) mass is 188 g/mol. The Bertz CT molecular complexity index is 339. The van der Waals surface area contributed by atoms with Crippen LogP contribution in [0, 0.1) is 6.07 Å². The lowest BCUT2D eigenvalue weighted by atomic mass is 9.86. The van der Waals surface area contributed by atoms with Crippen molar-refractivity contribution < 1.29 is 0 Å². The zero-order valence-corrected chi connectivity index (χ0v) is 9.46. The SMILES string of the molecule is CN(C)C1CC(C)(C)c2cc[c]cc21. The maximum absolute atomic E-state index is 3.19. The summed E-state index contributed by atoms with van der Waals surface area (Å²) in [5.41, 5.74) is 3.27. The summed E-state index contributed by atoms with van der Waals surface area (Å²) in [6, 6.07) is 10.2. The first-order valence-corrected chi connectivity index (χ1v) is 5.19. The summed E-state index contributed by atoms with van der Waals surface area (Å²) in [5.74, 6) is 0. The Morgan fingerprint density at radius 1 is 1.43 bits per heavy atom. The number of fused-ring (bicyclic) bond motifs is 1. The van der Waals surface area contributed by atoms with Gasteiger partial charge >= 0.3 is 0 Å². The zero-order chi connectivity index (χ0) is 10.3. The number of hydrogen-bond donors (Lipinski definition) is 0. The van der Waals surface area contributed by atoms with Crippen LogP contribution in [-0.4, -0.2) is 19.0 Å². The topological polar surface area (TPSA) is 3.24 Å². The fourth-order valence-electron chi connectivity index (χ4n) is 2.50. The summed E-state index contributed by atoms with van der Waals surface area (Å²) in [4.78, 5) is 2.31. The van der Waals surface area contributed by atoms with E-state index in [1.165, 1.54) is 17.5 Å². The molecule has 1 aromatic rings. The third-order valence-electron chi connectivity index (χ3n) is 3.31. The van der Waals surface area contributed by atoms with E-state index < -0.39 is 0 Å². The standard InChI is InChI=1S/C13H18N/c1-13(2)9-12(14(3)4)10-7-5-6-8-11(10)13/h6-8,12H,9H2,1-4H3. The minimum absolute atomic E-state index is 0.319. The van der Waals surface area contributed by atoms with Crippen LogP contribution in [0.25, 0.3) is 0 Å². The third-order valence-corrected chi connectivity index (χ3v) is 3.31. The predicted octanol–water partition coefficient (Wildman–Crippen LogP) is 2.77. The highest BCUT2D eigenvalue weighted by atomic mass is 15.1. The summed E-state index contributed by atoms with van der Waals surface area (Å²) >= 11 is 0. The van der Waals surface area contributed by atoms with E-state index in [1.807, 2.05) is 6.07 Å². The van der Waals surface area contributed by atoms with E-state index in [2.05, 4.69) is 51.0 Å². The van der Waals surface area contributed by atoms with Gasteiger partial charge in [-0.2, -0.15) is 0 Å². The van der Waals surface area contributed by atoms with Crippen LogP contribution in [0.15, 0.2) is 18.2 Å². The average molecular weight is 188 g/mol. The van der Waals surface area contributed by atoms with Crippen LogP contribution in [0.2, 0.25) is 0 Å². The van der Waals surface area contributed by atoms with Crippen LogP contribution < -0.4 is 0 Å². The largest absolute Gasteiger partial charge is 0.302 e. The Balaban J connectivity index is 2.49. The number of rotatable bonds is 1. The molecule has 0 amide bonds. The van der Waals surface area contributed by atoms with Crippen molar-refractivity contribution in [2.24, 2.45) is 0 Å². The van der Waals surface area contributed by atoms with Crippen LogP contribution in [0.3, 0.4) is 0 Å². The van der Waals surface area contributed by atoms with Gasteiger partial charge in [-0.3, -0.25) is 0 Å². The fraction of sp³-hybridized carbons (Fsp3) is 0.538. The summed E-state index contributed by atoms with van der Waals surface area (Å²) in [6.07, 6.45) is 1.22. The first-order valence-electron chi connectivity index (χ1n) is 5.19. The molecule has 0 bridgehead atoms. The first kappa shape index (κ1) is 9.72. The molecule has 0 saturated carbocycles. The molecule has 0 spiro atoms. The lowest BCUT2D eigenvalue weighted by Crippen LogP contribution is -2.20. The Morgan fingerprint density at radius 2 is 2.14 bits per heavy atom. The molecule has 0 N–H and O–H groups in total. The van der Waals surface area contributed by atoms with Crippen molar-refractivity contribution in [3.8, 4) is 0 Å². The molecule has 0 heterocycles. The maximum Gasteiger partial charge on any atom is 0.0353 e. The molecule has 14 heavy (non-hydrogen) atoms. The van der Waals surface area contributed by atoms with E-state index in [1.54, 1.807) is 0 Å². The van der Waals surface area contributed by atoms with E-state index >= 15 is 0 Å². The summed E-state index contributed by atoms with van der Waals surface area (Å²) in [7, 11) is 4.31. The van der Waals surface area contributed by atoms with E-state index in [0.29, 0.717) is 11.5 Å². The van der Waals surface area contributed by atoms with Crippen molar-refractivity contribution in [2.45, 2.75) is 31.7 Å². The van der Waals surface area contributed by atoms with Crippen molar-refractivity contribution >= 4 is 0 Å². The fourth-order valence-corrected chi connectivity index (χ4v) is 2.50. The minimum atomic E-state index is 0.319. The molecule has 2 rings (SSSR count). The molecule has 75 valence electrons. The van der Waals surface area contributed by atoms with Gasteiger partial charge in [0.05, 0.1) is 0 Å². The normalized spacial score (nSPS) is 23.9. The van der Waals surface area contributed by atoms with Crippen LogP contribution in [0.5, 0.6) is 0 Å². The maximum atomic E-state index is 3.19. The molecule has 1 unspecified atom stereocenters. The summed E-state index contributed by atoms with van der Waals surface area (Å²) in [5, 5.41) is 0. The highest BCUT2D eigenvalue weighted by Gasteiger charge is 2.37. The van der Waals surface area contributed by atoms with Gasteiger partial charge in [0, 0.05) is 6.04 Å². The Hall–Kier alpha value is -0.820. The second kappa shape index (κ2) is 3.09. The zero-order valence-electron chi connectivity index (χ0n) is 9.46. The van der Waals surface area contributed by atoms with Gasteiger partial charge in [0.25, 0.3) is 0 Å². The predicted molar refractivity (Wildman–Crippen MR) is 59.3 cm³/mol. The number of hydrogen-bond acceptors (Lipinski definition) is 1. The Labute approximate surface area is 86.7 Å². The molecule has 1 aliphatic carbocycles. The van der Waals surface area contributed by atoms with E-state index in [9.17, 15) is 0 Å². The van der Waals surface area contributed by atoms with Gasteiger partial charge in [0.2, 0.25) is 0 Å². The minimum Gasteiger partial charge on any atom is -0.302 e. The molecule has 0 aliphatic heterocycles. The summed E-state index contributed by atoms with van der Waals surface area (Å²) < 4.78 is 0. The van der Waals surface area contributed by atoms with Crippen LogP contribution in [-0.2, 0) is 5.41 Å². The number of benzene rings is 1. The molecular formula is C13H18N. The average Bonchev–Trinajstić information content (AvgIpc) is 2.40. The second-order valence-corrected chi connectivity index (χ2v) is 5.08. The van der Waals surface area contributed by atoms with Gasteiger partial charge < -0.3 is 4.90 Å². The highest BCUT2D eigenvalue weighted by molar-refractivity contribution is 5.40. The Kier molecular flexibility index (Phi) is 2.15. The molecule has 1 radical (unpaired) electrons. The highest BCUT2D eigenvalue weighted by Crippen LogP contribution is 2.45. The molecule has 1 nitrogen and oxygen atoms in total. The first-order chi connectivity index (χ1) is 6.52. The molecule has 0 saturated heterocycles. The van der Waals surface area contributed by atoms with Gasteiger partial charge in [-0.05, 0) is 49.2 Å². The van der Waals surface area contributed by atoms with E-state index in [4.69, 9.17) is 0 Å². The molecule has 0 fully saturated rings. The number of nitrogens with zero attached hydrogens (tertiary/aromatic N) is 1. The molecule has 1 atom stereocenters. The van der Waals surface area contributed by atoms with Crippen molar-refractivity contribution in [3.05, 3.63) is 35.4 Å². The summed E-state index contributed by atoms with van der Waals surface area (Å²) in [6.45, 7) is 4.66. The van der Waals surface area contributed by atoms with Gasteiger partial charge in [-0.1, -0.05) is 26.0 Å². The molecular weight excluding hydrogens is 170 g/mol. The van der Waals surface area contributed by atoms with E-state index in [0.717, 1.165) is 0 Å². The van der Waals surface area contributed by atoms with Crippen molar-refractivity contribution in [2.75, 3.05) is 14.1 Å². The molecule has 1 heteroatoms. The second-order valence-electron chi connectivity index (χ2n) is 5.08. The Morgan fingerprint density at radius 3 is 2.79 bits per heavy atom. The van der Waals surface area contributed by atoms with Crippen molar-refractivity contribution in [1.82, 2.24) is 4.90 Å². The van der Waals surface area contributed by atoms with Crippen molar-refractivity contribution in [3.63, 3.8) is 0 Å². The van der Waals surface area contributed by atoms with Crippen LogP contribution in [0.4, 0.5) is 0 Å². The lowest BCUT2D eigenvalue weighted by Gasteiger charge is -2.22. The smallest absolute Gasteiger partial charge is 0.0353 e. The van der Waals surface area contributed by atoms with Gasteiger partial charge in [0.1, 0.15) is 0 Å². The van der Waals surface area contributed by atoms with Crippen LogP contribution >= 0.6 is 0 Å². The van der Waals surface area contributed by atoms with Gasteiger partial charge in [-0.25, -0.2) is 0 Å². The third kappa shape index (κ3) is 1.36. The van der Waals surface area contributed by atoms with Gasteiger partial charge in [0.15, 0.2) is 0 Å². The molecule has 0 aromatic heterocycles. The van der Waals surface area contributed by atoms with E-state index in [-0.39, 0.29) is 0 Å². The molecule has 1 aliphatic rings. The quantitative estimate of drug-likeness (QED) is 0.655. The molecule has 1 aromatic carbocycles. The lowest BCUT2D eigenvalue weighted by molar-refractivity contribution is 0.269. The van der Waals surface area contributed by atoms with Crippen molar-refractivity contribution in [1.29, 1.82) is 0 Å². The van der Waals surface area contributed by atoms with Crippen LogP contribution in [0.1, 0.15) is 37.4 Å². The van der Waals surface area contributed by atoms with Gasteiger partial charge in [-0.15, -0.1) is 0 Å².